The van der Waals surface area contributed by atoms with Crippen molar-refractivity contribution >= 4 is 11.7 Å². The van der Waals surface area contributed by atoms with Crippen molar-refractivity contribution in [2.24, 2.45) is 0 Å². The van der Waals surface area contributed by atoms with Crippen LogP contribution in [-0.4, -0.2) is 39.7 Å². The minimum Gasteiger partial charge on any atom is -0.493 e. The maximum atomic E-state index is 12.7. The number of carbonyl (C=O) groups is 1. The van der Waals surface area contributed by atoms with Crippen molar-refractivity contribution in [3.05, 3.63) is 84.3 Å². The number of aromatic nitrogens is 4. The number of nitrogens with one attached hydrogen (secondary N) is 1. The molecule has 0 saturated carbocycles. The summed E-state index contributed by atoms with van der Waals surface area (Å²) >= 11 is 0. The van der Waals surface area contributed by atoms with E-state index in [-0.39, 0.29) is 5.91 Å². The Labute approximate surface area is 173 Å². The minimum absolute atomic E-state index is 0.221. The Kier molecular flexibility index (Phi) is 5.47. The van der Waals surface area contributed by atoms with Crippen LogP contribution in [0.3, 0.4) is 0 Å². The van der Waals surface area contributed by atoms with Crippen LogP contribution in [0.15, 0.2) is 73.2 Å². The third kappa shape index (κ3) is 3.88. The van der Waals surface area contributed by atoms with Gasteiger partial charge in [-0.05, 0) is 36.4 Å². The molecule has 0 aliphatic rings. The average Bonchev–Trinajstić information content (AvgIpc) is 3.46. The molecule has 0 saturated heterocycles. The third-order valence-electron chi connectivity index (χ3n) is 4.66. The molecule has 2 heterocycles. The van der Waals surface area contributed by atoms with Crippen molar-refractivity contribution in [1.82, 2.24) is 19.6 Å². The van der Waals surface area contributed by atoms with Gasteiger partial charge in [0.2, 0.25) is 0 Å². The SMILES string of the molecule is COc1cccc(Cn2nccc2NC(=O)c2ccc(-n3cccn3)cc2)c1OC. The number of anilines is 1. The van der Waals surface area contributed by atoms with Gasteiger partial charge in [0, 0.05) is 29.6 Å². The second-order valence-corrected chi connectivity index (χ2v) is 6.48. The lowest BCUT2D eigenvalue weighted by atomic mass is 10.2. The number of rotatable bonds is 7. The number of methoxy groups -OCH3 is 2. The van der Waals surface area contributed by atoms with Gasteiger partial charge >= 0.3 is 0 Å². The number of hydrogen-bond donors (Lipinski definition) is 1. The number of carbonyl (C=O) groups excluding carboxylic acids is 1. The zero-order valence-electron chi connectivity index (χ0n) is 16.6. The quantitative estimate of drug-likeness (QED) is 0.511. The molecule has 1 amide bonds. The van der Waals surface area contributed by atoms with Gasteiger partial charge in [0.15, 0.2) is 11.5 Å². The lowest BCUT2D eigenvalue weighted by molar-refractivity contribution is 0.102. The van der Waals surface area contributed by atoms with Crippen LogP contribution in [0, 0.1) is 0 Å². The molecule has 4 aromatic rings. The monoisotopic (exact) mass is 403 g/mol. The van der Waals surface area contributed by atoms with E-state index >= 15 is 0 Å². The van der Waals surface area contributed by atoms with Gasteiger partial charge in [-0.1, -0.05) is 12.1 Å². The van der Waals surface area contributed by atoms with E-state index in [0.29, 0.717) is 29.4 Å². The number of amides is 1. The molecule has 4 rings (SSSR count). The second kappa shape index (κ2) is 8.52. The summed E-state index contributed by atoms with van der Waals surface area (Å²) in [6.45, 7) is 0.418. The zero-order chi connectivity index (χ0) is 20.9. The first kappa shape index (κ1) is 19.3. The Morgan fingerprint density at radius 3 is 2.50 bits per heavy atom. The first-order valence-corrected chi connectivity index (χ1v) is 9.32. The molecule has 0 radical (unpaired) electrons. The Morgan fingerprint density at radius 1 is 0.967 bits per heavy atom. The summed E-state index contributed by atoms with van der Waals surface area (Å²) < 4.78 is 14.3. The number of benzene rings is 2. The average molecular weight is 403 g/mol. The van der Waals surface area contributed by atoms with Crippen molar-refractivity contribution < 1.29 is 14.3 Å². The molecular formula is C22H21N5O3. The maximum Gasteiger partial charge on any atom is 0.256 e. The molecule has 152 valence electrons. The largest absolute Gasteiger partial charge is 0.493 e. The number of hydrogen-bond acceptors (Lipinski definition) is 5. The summed E-state index contributed by atoms with van der Waals surface area (Å²) in [7, 11) is 3.19. The molecule has 2 aromatic heterocycles. The van der Waals surface area contributed by atoms with Crippen LogP contribution in [0.1, 0.15) is 15.9 Å². The molecule has 0 unspecified atom stereocenters. The fourth-order valence-electron chi connectivity index (χ4n) is 3.18. The van der Waals surface area contributed by atoms with Crippen molar-refractivity contribution in [3.63, 3.8) is 0 Å². The second-order valence-electron chi connectivity index (χ2n) is 6.48. The van der Waals surface area contributed by atoms with Crippen molar-refractivity contribution in [2.45, 2.75) is 6.54 Å². The number of para-hydroxylation sites is 1. The van der Waals surface area contributed by atoms with Crippen molar-refractivity contribution in [3.8, 4) is 17.2 Å². The minimum atomic E-state index is -0.221. The van der Waals surface area contributed by atoms with E-state index in [0.717, 1.165) is 11.3 Å². The summed E-state index contributed by atoms with van der Waals surface area (Å²) in [5, 5.41) is 11.4. The smallest absolute Gasteiger partial charge is 0.256 e. The summed E-state index contributed by atoms with van der Waals surface area (Å²) in [6, 6.07) is 16.5. The first-order chi connectivity index (χ1) is 14.7. The van der Waals surface area contributed by atoms with E-state index in [1.165, 1.54) is 0 Å². The van der Waals surface area contributed by atoms with Gasteiger partial charge in [-0.25, -0.2) is 9.36 Å². The van der Waals surface area contributed by atoms with Crippen molar-refractivity contribution in [2.75, 3.05) is 19.5 Å². The van der Waals surface area contributed by atoms with Crippen LogP contribution in [0.5, 0.6) is 11.5 Å². The van der Waals surface area contributed by atoms with E-state index in [2.05, 4.69) is 15.5 Å². The molecule has 0 spiro atoms. The van der Waals surface area contributed by atoms with E-state index in [4.69, 9.17) is 9.47 Å². The van der Waals surface area contributed by atoms with E-state index in [1.54, 1.807) is 54.2 Å². The summed E-state index contributed by atoms with van der Waals surface area (Å²) in [5.74, 6) is 1.65. The lowest BCUT2D eigenvalue weighted by Crippen LogP contribution is -2.16. The summed E-state index contributed by atoms with van der Waals surface area (Å²) in [4.78, 5) is 12.7. The van der Waals surface area contributed by atoms with Gasteiger partial charge in [-0.15, -0.1) is 0 Å². The Balaban J connectivity index is 1.51. The van der Waals surface area contributed by atoms with Gasteiger partial charge in [-0.2, -0.15) is 10.2 Å². The molecule has 0 bridgehead atoms. The summed E-state index contributed by atoms with van der Waals surface area (Å²) in [6.07, 6.45) is 5.20. The Bertz CT molecular complexity index is 1130. The normalized spacial score (nSPS) is 10.6. The van der Waals surface area contributed by atoms with Gasteiger partial charge < -0.3 is 14.8 Å². The highest BCUT2D eigenvalue weighted by molar-refractivity contribution is 6.03. The molecule has 2 aromatic carbocycles. The van der Waals surface area contributed by atoms with Gasteiger partial charge in [-0.3, -0.25) is 4.79 Å². The fraction of sp³-hybridized carbons (Fsp3) is 0.136. The highest BCUT2D eigenvalue weighted by Gasteiger charge is 2.14. The zero-order valence-corrected chi connectivity index (χ0v) is 16.6. The maximum absolute atomic E-state index is 12.7. The van der Waals surface area contributed by atoms with E-state index in [1.807, 2.05) is 42.6 Å². The van der Waals surface area contributed by atoms with Gasteiger partial charge in [0.05, 0.1) is 32.6 Å². The molecular weight excluding hydrogens is 382 g/mol. The van der Waals surface area contributed by atoms with Crippen LogP contribution in [0.4, 0.5) is 5.82 Å². The number of nitrogens with zero attached hydrogens (tertiary/aromatic N) is 4. The standard InChI is InChI=1S/C22H21N5O3/c1-29-19-6-3-5-17(21(19)30-2)15-27-20(11-13-24-27)25-22(28)16-7-9-18(10-8-16)26-14-4-12-23-26/h3-14H,15H2,1-2H3,(H,25,28). The first-order valence-electron chi connectivity index (χ1n) is 9.32. The molecule has 0 aliphatic heterocycles. The predicted octanol–water partition coefficient (Wildman–Crippen LogP) is 3.39. The molecule has 0 aliphatic carbocycles. The Hall–Kier alpha value is -4.07. The highest BCUT2D eigenvalue weighted by atomic mass is 16.5. The van der Waals surface area contributed by atoms with Crippen LogP contribution < -0.4 is 14.8 Å². The fourth-order valence-corrected chi connectivity index (χ4v) is 3.18. The third-order valence-corrected chi connectivity index (χ3v) is 4.66. The van der Waals surface area contributed by atoms with Gasteiger partial charge in [0.25, 0.3) is 5.91 Å². The molecule has 8 heteroatoms. The topological polar surface area (TPSA) is 83.2 Å². The predicted molar refractivity (Wildman–Crippen MR) is 112 cm³/mol. The Morgan fingerprint density at radius 2 is 1.80 bits per heavy atom. The molecule has 0 atom stereocenters. The van der Waals surface area contributed by atoms with Gasteiger partial charge in [0.1, 0.15) is 5.82 Å². The molecule has 1 N–H and O–H groups in total. The van der Waals surface area contributed by atoms with Crippen LogP contribution in [0.2, 0.25) is 0 Å². The van der Waals surface area contributed by atoms with Crippen LogP contribution >= 0.6 is 0 Å². The number of ether oxygens (including phenoxy) is 2. The summed E-state index contributed by atoms with van der Waals surface area (Å²) in [5.41, 5.74) is 2.31. The lowest BCUT2D eigenvalue weighted by Gasteiger charge is -2.14. The highest BCUT2D eigenvalue weighted by Crippen LogP contribution is 2.31. The molecule has 30 heavy (non-hydrogen) atoms. The van der Waals surface area contributed by atoms with Crippen LogP contribution in [0.25, 0.3) is 5.69 Å². The van der Waals surface area contributed by atoms with Crippen LogP contribution in [-0.2, 0) is 6.54 Å². The molecule has 0 fully saturated rings. The van der Waals surface area contributed by atoms with E-state index < -0.39 is 0 Å². The van der Waals surface area contributed by atoms with E-state index in [9.17, 15) is 4.79 Å². The molecule has 8 nitrogen and oxygen atoms in total. The van der Waals surface area contributed by atoms with Crippen molar-refractivity contribution in [1.29, 1.82) is 0 Å².